The molecular weight excluding hydrogens is 264 g/mol. The number of nitriles is 1. The van der Waals surface area contributed by atoms with E-state index in [0.717, 1.165) is 11.0 Å². The lowest BCUT2D eigenvalue weighted by molar-refractivity contribution is 0.733. The van der Waals surface area contributed by atoms with Crippen molar-refractivity contribution >= 4 is 21.6 Å². The maximum absolute atomic E-state index is 8.96. The number of hydrogen-bond donors (Lipinski definition) is 0. The van der Waals surface area contributed by atoms with Crippen molar-refractivity contribution in [2.24, 2.45) is 0 Å². The highest BCUT2D eigenvalue weighted by Crippen LogP contribution is 2.32. The molecule has 1 aromatic carbocycles. The highest BCUT2D eigenvalue weighted by Gasteiger charge is 2.22. The van der Waals surface area contributed by atoms with Crippen LogP contribution in [-0.2, 0) is 0 Å². The number of hydrogen-bond acceptors (Lipinski definition) is 2. The van der Waals surface area contributed by atoms with Gasteiger partial charge in [-0.3, -0.25) is 0 Å². The first-order valence-electron chi connectivity index (χ1n) is 5.60. The fourth-order valence-corrected chi connectivity index (χ4v) is 2.78. The number of halogens is 1. The van der Waals surface area contributed by atoms with Crippen molar-refractivity contribution in [3.63, 3.8) is 0 Å². The normalized spacial score (nSPS) is 19.9. The molecule has 3 heteroatoms. The van der Waals surface area contributed by atoms with Crippen molar-refractivity contribution in [1.29, 1.82) is 5.26 Å². The van der Waals surface area contributed by atoms with Gasteiger partial charge in [0, 0.05) is 22.7 Å². The molecule has 1 unspecified atom stereocenters. The van der Waals surface area contributed by atoms with Gasteiger partial charge in [-0.1, -0.05) is 0 Å². The third-order valence-corrected chi connectivity index (χ3v) is 3.92. The molecule has 16 heavy (non-hydrogen) atoms. The van der Waals surface area contributed by atoms with Crippen LogP contribution in [0, 0.1) is 18.3 Å². The highest BCUT2D eigenvalue weighted by molar-refractivity contribution is 9.10. The second-order valence-electron chi connectivity index (χ2n) is 4.41. The Balaban J connectivity index is 2.42. The van der Waals surface area contributed by atoms with Crippen molar-refractivity contribution in [3.05, 3.63) is 27.7 Å². The average Bonchev–Trinajstić information content (AvgIpc) is 2.67. The maximum Gasteiger partial charge on any atom is 0.100 e. The van der Waals surface area contributed by atoms with E-state index in [1.54, 1.807) is 0 Å². The van der Waals surface area contributed by atoms with E-state index in [2.05, 4.69) is 46.8 Å². The van der Waals surface area contributed by atoms with E-state index >= 15 is 0 Å². The SMILES string of the molecule is Cc1cc(C#N)c(Br)cc1N1CCCC1C. The van der Waals surface area contributed by atoms with Gasteiger partial charge in [-0.05, 0) is 60.3 Å². The largest absolute Gasteiger partial charge is 0.369 e. The van der Waals surface area contributed by atoms with Crippen LogP contribution >= 0.6 is 15.9 Å². The minimum Gasteiger partial charge on any atom is -0.369 e. The molecule has 2 nitrogen and oxygen atoms in total. The minimum absolute atomic E-state index is 0.610. The molecule has 1 heterocycles. The Bertz CT molecular complexity index is 448. The molecule has 0 amide bonds. The molecule has 0 N–H and O–H groups in total. The number of benzene rings is 1. The van der Waals surface area contributed by atoms with Gasteiger partial charge in [-0.15, -0.1) is 0 Å². The molecular formula is C13H15BrN2. The van der Waals surface area contributed by atoms with Gasteiger partial charge in [0.15, 0.2) is 0 Å². The Morgan fingerprint density at radius 3 is 2.81 bits per heavy atom. The molecule has 1 aliphatic heterocycles. The summed E-state index contributed by atoms with van der Waals surface area (Å²) in [5.74, 6) is 0. The van der Waals surface area contributed by atoms with E-state index in [9.17, 15) is 0 Å². The van der Waals surface area contributed by atoms with Crippen molar-refractivity contribution in [2.45, 2.75) is 32.7 Å². The standard InChI is InChI=1S/C13H15BrN2/c1-9-6-11(8-15)12(14)7-13(9)16-5-3-4-10(16)2/h6-7,10H,3-5H2,1-2H3. The number of anilines is 1. The molecule has 1 atom stereocenters. The van der Waals surface area contributed by atoms with E-state index in [0.29, 0.717) is 11.6 Å². The molecule has 2 rings (SSSR count). The summed E-state index contributed by atoms with van der Waals surface area (Å²) >= 11 is 3.46. The molecule has 1 saturated heterocycles. The molecule has 0 spiro atoms. The summed E-state index contributed by atoms with van der Waals surface area (Å²) in [6, 6.07) is 6.85. The van der Waals surface area contributed by atoms with Crippen LogP contribution in [0.2, 0.25) is 0 Å². The minimum atomic E-state index is 0.610. The Labute approximate surface area is 105 Å². The zero-order valence-corrected chi connectivity index (χ0v) is 11.2. The third kappa shape index (κ3) is 1.94. The summed E-state index contributed by atoms with van der Waals surface area (Å²) in [7, 11) is 0. The summed E-state index contributed by atoms with van der Waals surface area (Å²) in [4.78, 5) is 2.43. The molecule has 0 aromatic heterocycles. The van der Waals surface area contributed by atoms with E-state index in [1.807, 2.05) is 6.07 Å². The van der Waals surface area contributed by atoms with Gasteiger partial charge in [0.05, 0.1) is 5.56 Å². The summed E-state index contributed by atoms with van der Waals surface area (Å²) < 4.78 is 0.898. The molecule has 0 bridgehead atoms. The molecule has 0 radical (unpaired) electrons. The van der Waals surface area contributed by atoms with Crippen LogP contribution in [0.1, 0.15) is 30.9 Å². The lowest BCUT2D eigenvalue weighted by Gasteiger charge is -2.26. The smallest absolute Gasteiger partial charge is 0.100 e. The molecule has 1 fully saturated rings. The average molecular weight is 279 g/mol. The fourth-order valence-electron chi connectivity index (χ4n) is 2.36. The van der Waals surface area contributed by atoms with Gasteiger partial charge < -0.3 is 4.90 Å². The van der Waals surface area contributed by atoms with Crippen LogP contribution in [0.25, 0.3) is 0 Å². The molecule has 0 aliphatic carbocycles. The lowest BCUT2D eigenvalue weighted by Crippen LogP contribution is -2.27. The molecule has 1 aromatic rings. The van der Waals surface area contributed by atoms with Gasteiger partial charge >= 0.3 is 0 Å². The predicted molar refractivity (Wildman–Crippen MR) is 69.6 cm³/mol. The number of rotatable bonds is 1. The van der Waals surface area contributed by atoms with Crippen molar-refractivity contribution in [2.75, 3.05) is 11.4 Å². The topological polar surface area (TPSA) is 27.0 Å². The number of nitrogens with zero attached hydrogens (tertiary/aromatic N) is 2. The van der Waals surface area contributed by atoms with Gasteiger partial charge in [0.2, 0.25) is 0 Å². The Morgan fingerprint density at radius 1 is 1.50 bits per heavy atom. The summed E-state index contributed by atoms with van der Waals surface area (Å²) in [6.07, 6.45) is 2.52. The van der Waals surface area contributed by atoms with E-state index in [4.69, 9.17) is 5.26 Å². The Hall–Kier alpha value is -1.01. The summed E-state index contributed by atoms with van der Waals surface area (Å²) in [5.41, 5.74) is 3.16. The third-order valence-electron chi connectivity index (χ3n) is 3.27. The van der Waals surface area contributed by atoms with Crippen molar-refractivity contribution in [3.8, 4) is 6.07 Å². The first kappa shape index (κ1) is 11.5. The second kappa shape index (κ2) is 4.47. The second-order valence-corrected chi connectivity index (χ2v) is 5.27. The van der Waals surface area contributed by atoms with Crippen LogP contribution in [0.3, 0.4) is 0 Å². The summed E-state index contributed by atoms with van der Waals surface area (Å²) in [6.45, 7) is 5.46. The predicted octanol–water partition coefficient (Wildman–Crippen LogP) is 3.62. The quantitative estimate of drug-likeness (QED) is 0.785. The Morgan fingerprint density at radius 2 is 2.25 bits per heavy atom. The summed E-state index contributed by atoms with van der Waals surface area (Å²) in [5, 5.41) is 8.96. The number of aryl methyl sites for hydroxylation is 1. The van der Waals surface area contributed by atoms with Gasteiger partial charge in [-0.25, -0.2) is 0 Å². The van der Waals surface area contributed by atoms with Gasteiger partial charge in [0.25, 0.3) is 0 Å². The van der Waals surface area contributed by atoms with Crippen LogP contribution < -0.4 is 4.90 Å². The monoisotopic (exact) mass is 278 g/mol. The highest BCUT2D eigenvalue weighted by atomic mass is 79.9. The van der Waals surface area contributed by atoms with Crippen molar-refractivity contribution < 1.29 is 0 Å². The van der Waals surface area contributed by atoms with E-state index in [-0.39, 0.29) is 0 Å². The zero-order chi connectivity index (χ0) is 11.7. The van der Waals surface area contributed by atoms with Gasteiger partial charge in [0.1, 0.15) is 6.07 Å². The first-order valence-corrected chi connectivity index (χ1v) is 6.39. The van der Waals surface area contributed by atoms with Crippen LogP contribution in [0.4, 0.5) is 5.69 Å². The van der Waals surface area contributed by atoms with E-state index < -0.39 is 0 Å². The Kier molecular flexibility index (Phi) is 3.20. The maximum atomic E-state index is 8.96. The molecule has 0 saturated carbocycles. The van der Waals surface area contributed by atoms with Crippen molar-refractivity contribution in [1.82, 2.24) is 0 Å². The first-order chi connectivity index (χ1) is 7.63. The van der Waals surface area contributed by atoms with Crippen LogP contribution in [0.15, 0.2) is 16.6 Å². The zero-order valence-electron chi connectivity index (χ0n) is 9.63. The van der Waals surface area contributed by atoms with Gasteiger partial charge in [-0.2, -0.15) is 5.26 Å². The fraction of sp³-hybridized carbons (Fsp3) is 0.462. The van der Waals surface area contributed by atoms with Crippen LogP contribution in [-0.4, -0.2) is 12.6 Å². The molecule has 1 aliphatic rings. The van der Waals surface area contributed by atoms with E-state index in [1.165, 1.54) is 24.1 Å². The molecule has 84 valence electrons. The lowest BCUT2D eigenvalue weighted by atomic mass is 10.1. The van der Waals surface area contributed by atoms with Crippen LogP contribution in [0.5, 0.6) is 0 Å².